The van der Waals surface area contributed by atoms with Gasteiger partial charge in [-0.3, -0.25) is 9.88 Å². The minimum Gasteiger partial charge on any atom is -0.389 e. The van der Waals surface area contributed by atoms with Gasteiger partial charge >= 0.3 is 0 Å². The second-order valence-corrected chi connectivity index (χ2v) is 6.10. The Kier molecular flexibility index (Phi) is 6.15. The standard InChI is InChI=1S/C17H28N2O2/c1-3-17(20,4-2)14-19(13-16-8-6-10-21-16)12-15-7-5-9-18-11-15/h5,7,9,11,16,20H,3-4,6,8,10,12-14H2,1-2H3. The molecule has 4 heteroatoms. The molecule has 1 fully saturated rings. The van der Waals surface area contributed by atoms with Gasteiger partial charge in [-0.05, 0) is 37.3 Å². The molecule has 1 aromatic rings. The van der Waals surface area contributed by atoms with E-state index in [9.17, 15) is 5.11 Å². The molecule has 1 aromatic heterocycles. The minimum absolute atomic E-state index is 0.305. The Balaban J connectivity index is 2.02. The third kappa shape index (κ3) is 5.06. The van der Waals surface area contributed by atoms with Crippen molar-refractivity contribution in [1.29, 1.82) is 0 Å². The zero-order chi connectivity index (χ0) is 15.1. The van der Waals surface area contributed by atoms with Crippen molar-refractivity contribution >= 4 is 0 Å². The maximum atomic E-state index is 10.7. The minimum atomic E-state index is -0.610. The van der Waals surface area contributed by atoms with Crippen molar-refractivity contribution in [1.82, 2.24) is 9.88 Å². The van der Waals surface area contributed by atoms with Gasteiger partial charge in [-0.15, -0.1) is 0 Å². The van der Waals surface area contributed by atoms with Gasteiger partial charge in [0.1, 0.15) is 0 Å². The molecule has 1 unspecified atom stereocenters. The molecule has 21 heavy (non-hydrogen) atoms. The molecule has 0 saturated carbocycles. The van der Waals surface area contributed by atoms with Gasteiger partial charge in [-0.2, -0.15) is 0 Å². The van der Waals surface area contributed by atoms with Crippen molar-refractivity contribution < 1.29 is 9.84 Å². The van der Waals surface area contributed by atoms with Crippen LogP contribution >= 0.6 is 0 Å². The van der Waals surface area contributed by atoms with Crippen LogP contribution in [0.15, 0.2) is 24.5 Å². The summed E-state index contributed by atoms with van der Waals surface area (Å²) in [6, 6.07) is 4.05. The summed E-state index contributed by atoms with van der Waals surface area (Å²) < 4.78 is 5.76. The molecule has 0 aliphatic carbocycles. The smallest absolute Gasteiger partial charge is 0.0769 e. The number of ether oxygens (including phenoxy) is 1. The Labute approximate surface area is 128 Å². The van der Waals surface area contributed by atoms with E-state index in [1.807, 2.05) is 12.3 Å². The SMILES string of the molecule is CCC(O)(CC)CN(Cc1cccnc1)CC1CCCO1. The highest BCUT2D eigenvalue weighted by molar-refractivity contribution is 5.08. The molecule has 0 amide bonds. The zero-order valence-corrected chi connectivity index (χ0v) is 13.3. The Bertz CT molecular complexity index is 401. The van der Waals surface area contributed by atoms with E-state index in [4.69, 9.17) is 4.74 Å². The van der Waals surface area contributed by atoms with Gasteiger partial charge in [0.25, 0.3) is 0 Å². The van der Waals surface area contributed by atoms with Gasteiger partial charge in [0.2, 0.25) is 0 Å². The second-order valence-electron chi connectivity index (χ2n) is 6.10. The summed E-state index contributed by atoms with van der Waals surface area (Å²) in [6.45, 7) is 7.37. The van der Waals surface area contributed by atoms with E-state index in [0.717, 1.165) is 45.4 Å². The summed E-state index contributed by atoms with van der Waals surface area (Å²) >= 11 is 0. The van der Waals surface area contributed by atoms with Crippen molar-refractivity contribution in [3.8, 4) is 0 Å². The molecular weight excluding hydrogens is 264 g/mol. The molecule has 1 N–H and O–H groups in total. The van der Waals surface area contributed by atoms with Crippen LogP contribution < -0.4 is 0 Å². The molecule has 0 spiro atoms. The zero-order valence-electron chi connectivity index (χ0n) is 13.3. The number of hydrogen-bond donors (Lipinski definition) is 1. The van der Waals surface area contributed by atoms with Gasteiger partial charge in [0, 0.05) is 38.6 Å². The molecule has 1 aliphatic rings. The maximum Gasteiger partial charge on any atom is 0.0769 e. The molecule has 2 heterocycles. The van der Waals surface area contributed by atoms with Crippen LogP contribution in [0.1, 0.15) is 45.1 Å². The number of aliphatic hydroxyl groups is 1. The molecule has 0 bridgehead atoms. The lowest BCUT2D eigenvalue weighted by molar-refractivity contribution is -0.0201. The number of rotatable bonds is 8. The van der Waals surface area contributed by atoms with Crippen LogP contribution in [0.3, 0.4) is 0 Å². The second kappa shape index (κ2) is 7.87. The number of pyridine rings is 1. The van der Waals surface area contributed by atoms with Crippen LogP contribution in [0.5, 0.6) is 0 Å². The van der Waals surface area contributed by atoms with Crippen LogP contribution in [-0.2, 0) is 11.3 Å². The number of nitrogens with zero attached hydrogens (tertiary/aromatic N) is 2. The van der Waals surface area contributed by atoms with Crippen LogP contribution in [0.4, 0.5) is 0 Å². The van der Waals surface area contributed by atoms with Gasteiger partial charge in [-0.25, -0.2) is 0 Å². The molecule has 0 radical (unpaired) electrons. The van der Waals surface area contributed by atoms with Gasteiger partial charge in [0.15, 0.2) is 0 Å². The average molecular weight is 292 g/mol. The summed E-state index contributed by atoms with van der Waals surface area (Å²) in [6.07, 6.45) is 7.83. The molecule has 2 rings (SSSR count). The largest absolute Gasteiger partial charge is 0.389 e. The summed E-state index contributed by atoms with van der Waals surface area (Å²) in [5.41, 5.74) is 0.575. The Morgan fingerprint density at radius 2 is 2.24 bits per heavy atom. The highest BCUT2D eigenvalue weighted by atomic mass is 16.5. The van der Waals surface area contributed by atoms with Crippen molar-refractivity contribution in [2.75, 3.05) is 19.7 Å². The maximum absolute atomic E-state index is 10.7. The van der Waals surface area contributed by atoms with E-state index < -0.39 is 5.60 Å². The first-order chi connectivity index (χ1) is 10.1. The van der Waals surface area contributed by atoms with Crippen LogP contribution in [0.2, 0.25) is 0 Å². The fourth-order valence-corrected chi connectivity index (χ4v) is 2.90. The topological polar surface area (TPSA) is 45.6 Å². The molecule has 1 atom stereocenters. The summed E-state index contributed by atoms with van der Waals surface area (Å²) in [5, 5.41) is 10.7. The monoisotopic (exact) mass is 292 g/mol. The molecule has 4 nitrogen and oxygen atoms in total. The van der Waals surface area contributed by atoms with E-state index in [1.165, 1.54) is 5.56 Å². The fraction of sp³-hybridized carbons (Fsp3) is 0.706. The Morgan fingerprint density at radius 1 is 1.43 bits per heavy atom. The lowest BCUT2D eigenvalue weighted by Gasteiger charge is -2.34. The van der Waals surface area contributed by atoms with Crippen molar-refractivity contribution in [2.45, 2.75) is 57.8 Å². The van der Waals surface area contributed by atoms with Gasteiger partial charge in [-0.1, -0.05) is 19.9 Å². The van der Waals surface area contributed by atoms with Gasteiger partial charge < -0.3 is 9.84 Å². The van der Waals surface area contributed by atoms with Gasteiger partial charge in [0.05, 0.1) is 11.7 Å². The van der Waals surface area contributed by atoms with Crippen molar-refractivity contribution in [3.63, 3.8) is 0 Å². The molecule has 118 valence electrons. The first-order valence-corrected chi connectivity index (χ1v) is 8.10. The lowest BCUT2D eigenvalue weighted by Crippen LogP contribution is -2.44. The lowest BCUT2D eigenvalue weighted by atomic mass is 9.96. The van der Waals surface area contributed by atoms with E-state index in [-0.39, 0.29) is 0 Å². The van der Waals surface area contributed by atoms with Crippen LogP contribution in [-0.4, -0.2) is 46.4 Å². The Hall–Kier alpha value is -0.970. The highest BCUT2D eigenvalue weighted by Crippen LogP contribution is 2.20. The van der Waals surface area contributed by atoms with Crippen LogP contribution in [0, 0.1) is 0 Å². The molecule has 1 aliphatic heterocycles. The predicted molar refractivity (Wildman–Crippen MR) is 84.0 cm³/mol. The summed E-state index contributed by atoms with van der Waals surface area (Å²) in [5.74, 6) is 0. The van der Waals surface area contributed by atoms with E-state index in [2.05, 4.69) is 29.8 Å². The molecule has 1 saturated heterocycles. The molecular formula is C17H28N2O2. The average Bonchev–Trinajstić information content (AvgIpc) is 3.01. The summed E-state index contributed by atoms with van der Waals surface area (Å²) in [7, 11) is 0. The van der Waals surface area contributed by atoms with Crippen molar-refractivity contribution in [2.24, 2.45) is 0 Å². The quantitative estimate of drug-likeness (QED) is 0.800. The fourth-order valence-electron chi connectivity index (χ4n) is 2.90. The summed E-state index contributed by atoms with van der Waals surface area (Å²) in [4.78, 5) is 6.51. The highest BCUT2D eigenvalue weighted by Gasteiger charge is 2.28. The first-order valence-electron chi connectivity index (χ1n) is 8.10. The third-order valence-electron chi connectivity index (χ3n) is 4.45. The number of aromatic nitrogens is 1. The Morgan fingerprint density at radius 3 is 2.81 bits per heavy atom. The first kappa shape index (κ1) is 16.4. The number of hydrogen-bond acceptors (Lipinski definition) is 4. The van der Waals surface area contributed by atoms with Crippen molar-refractivity contribution in [3.05, 3.63) is 30.1 Å². The normalized spacial score (nSPS) is 19.3. The third-order valence-corrected chi connectivity index (χ3v) is 4.45. The van der Waals surface area contributed by atoms with Crippen LogP contribution in [0.25, 0.3) is 0 Å². The van der Waals surface area contributed by atoms with E-state index >= 15 is 0 Å². The van der Waals surface area contributed by atoms with E-state index in [1.54, 1.807) is 6.20 Å². The van der Waals surface area contributed by atoms with E-state index in [0.29, 0.717) is 12.6 Å². The molecule has 0 aromatic carbocycles. The predicted octanol–water partition coefficient (Wildman–Crippen LogP) is 2.61.